The van der Waals surface area contributed by atoms with E-state index < -0.39 is 23.8 Å². The number of carbonyl (C=O) groups is 1. The molecule has 0 amide bonds. The molecule has 2 heterocycles. The van der Waals surface area contributed by atoms with Crippen LogP contribution in [0.1, 0.15) is 18.9 Å². The third-order valence-electron chi connectivity index (χ3n) is 3.57. The Balaban J connectivity index is 2.03. The Labute approximate surface area is 109 Å². The highest BCUT2D eigenvalue weighted by molar-refractivity contribution is 5.72. The van der Waals surface area contributed by atoms with E-state index in [4.69, 9.17) is 9.47 Å². The van der Waals surface area contributed by atoms with Crippen molar-refractivity contribution < 1.29 is 29.6 Å². The molecule has 0 spiro atoms. The predicted octanol–water partition coefficient (Wildman–Crippen LogP) is 0.468. The zero-order valence-corrected chi connectivity index (χ0v) is 10.3. The first-order chi connectivity index (χ1) is 8.87. The van der Waals surface area contributed by atoms with Gasteiger partial charge in [-0.1, -0.05) is 0 Å². The van der Waals surface area contributed by atoms with E-state index in [1.165, 1.54) is 19.1 Å². The number of aliphatic hydroxyl groups is 1. The number of aromatic hydroxyl groups is 2. The Morgan fingerprint density at radius 2 is 2.05 bits per heavy atom. The van der Waals surface area contributed by atoms with Crippen molar-refractivity contribution in [2.45, 2.75) is 37.6 Å². The molecule has 19 heavy (non-hydrogen) atoms. The van der Waals surface area contributed by atoms with E-state index in [1.807, 2.05) is 0 Å². The fourth-order valence-electron chi connectivity index (χ4n) is 2.68. The molecule has 0 radical (unpaired) electrons. The summed E-state index contributed by atoms with van der Waals surface area (Å²) >= 11 is 0. The molecule has 1 aromatic carbocycles. The van der Waals surface area contributed by atoms with Crippen molar-refractivity contribution in [2.24, 2.45) is 0 Å². The smallest absolute Gasteiger partial charge is 0.309 e. The summed E-state index contributed by atoms with van der Waals surface area (Å²) in [4.78, 5) is 11.4. The molecule has 1 aromatic rings. The van der Waals surface area contributed by atoms with Crippen molar-refractivity contribution in [1.29, 1.82) is 0 Å². The van der Waals surface area contributed by atoms with Crippen LogP contribution in [0.15, 0.2) is 12.1 Å². The first kappa shape index (κ1) is 12.1. The molecule has 6 nitrogen and oxygen atoms in total. The van der Waals surface area contributed by atoms with Gasteiger partial charge in [0.2, 0.25) is 0 Å². The van der Waals surface area contributed by atoms with E-state index in [9.17, 15) is 20.1 Å². The summed E-state index contributed by atoms with van der Waals surface area (Å²) in [5, 5.41) is 29.5. The van der Waals surface area contributed by atoms with Crippen LogP contribution in [0.4, 0.5) is 0 Å². The van der Waals surface area contributed by atoms with Crippen molar-refractivity contribution in [3.63, 3.8) is 0 Å². The number of benzene rings is 1. The van der Waals surface area contributed by atoms with E-state index in [0.29, 0.717) is 11.3 Å². The minimum absolute atomic E-state index is 0.116. The Kier molecular flexibility index (Phi) is 2.40. The van der Waals surface area contributed by atoms with E-state index in [1.54, 1.807) is 0 Å². The second-order valence-electron chi connectivity index (χ2n) is 5.25. The van der Waals surface area contributed by atoms with Crippen LogP contribution in [0.25, 0.3) is 0 Å². The zero-order valence-electron chi connectivity index (χ0n) is 10.3. The number of carbonyl (C=O) groups excluding carboxylic acids is 1. The highest BCUT2D eigenvalue weighted by Gasteiger charge is 2.50. The van der Waals surface area contributed by atoms with Crippen LogP contribution in [0.3, 0.4) is 0 Å². The SMILES string of the molecule is C[C@]1(O)CC(=O)O[C@@H]2Cc3c(O)cc(O)cc3O[C@@H]21. The molecule has 3 rings (SSSR count). The van der Waals surface area contributed by atoms with E-state index in [0.717, 1.165) is 0 Å². The lowest BCUT2D eigenvalue weighted by molar-refractivity contribution is -0.194. The molecule has 3 N–H and O–H groups in total. The number of ether oxygens (including phenoxy) is 2. The zero-order chi connectivity index (χ0) is 13.8. The quantitative estimate of drug-likeness (QED) is 0.591. The standard InChI is InChI=1S/C13H14O6/c1-13(17)5-11(16)18-10-4-7-8(15)2-6(14)3-9(7)19-12(10)13/h2-3,10,12,14-15,17H,4-5H2,1H3/t10-,12+,13+/m1/s1. The maximum Gasteiger partial charge on any atom is 0.309 e. The number of phenolic OH excluding ortho intramolecular Hbond substituents is 2. The van der Waals surface area contributed by atoms with Crippen LogP contribution in [0, 0.1) is 0 Å². The maximum atomic E-state index is 11.4. The van der Waals surface area contributed by atoms with Crippen LogP contribution >= 0.6 is 0 Å². The van der Waals surface area contributed by atoms with Crippen LogP contribution in [0.2, 0.25) is 0 Å². The summed E-state index contributed by atoms with van der Waals surface area (Å²) < 4.78 is 10.8. The number of rotatable bonds is 0. The molecule has 1 fully saturated rings. The lowest BCUT2D eigenvalue weighted by Crippen LogP contribution is -2.59. The van der Waals surface area contributed by atoms with Gasteiger partial charge in [0, 0.05) is 24.1 Å². The average Bonchev–Trinajstić information content (AvgIpc) is 2.27. The van der Waals surface area contributed by atoms with Gasteiger partial charge in [-0.15, -0.1) is 0 Å². The third kappa shape index (κ3) is 1.88. The molecule has 3 atom stereocenters. The molecule has 6 heteroatoms. The molecule has 1 saturated heterocycles. The van der Waals surface area contributed by atoms with E-state index >= 15 is 0 Å². The van der Waals surface area contributed by atoms with Gasteiger partial charge in [0.15, 0.2) is 6.10 Å². The van der Waals surface area contributed by atoms with Gasteiger partial charge in [0.1, 0.15) is 29.0 Å². The van der Waals surface area contributed by atoms with Gasteiger partial charge in [-0.05, 0) is 6.92 Å². The van der Waals surface area contributed by atoms with Gasteiger partial charge in [0.05, 0.1) is 6.42 Å². The molecule has 0 aromatic heterocycles. The first-order valence-electron chi connectivity index (χ1n) is 6.00. The van der Waals surface area contributed by atoms with Crippen LogP contribution in [0.5, 0.6) is 17.2 Å². The Hall–Kier alpha value is -1.95. The number of esters is 1. The molecule has 0 saturated carbocycles. The predicted molar refractivity (Wildman–Crippen MR) is 63.0 cm³/mol. The highest BCUT2D eigenvalue weighted by atomic mass is 16.6. The van der Waals surface area contributed by atoms with Crippen molar-refractivity contribution in [2.75, 3.05) is 0 Å². The Morgan fingerprint density at radius 1 is 1.32 bits per heavy atom. The highest BCUT2D eigenvalue weighted by Crippen LogP contribution is 2.42. The van der Waals surface area contributed by atoms with Crippen LogP contribution in [-0.2, 0) is 16.0 Å². The normalized spacial score (nSPS) is 32.8. The van der Waals surface area contributed by atoms with Crippen molar-refractivity contribution in [3.05, 3.63) is 17.7 Å². The Morgan fingerprint density at radius 3 is 2.79 bits per heavy atom. The number of fused-ring (bicyclic) bond motifs is 2. The fraction of sp³-hybridized carbons (Fsp3) is 0.462. The van der Waals surface area contributed by atoms with Crippen LogP contribution < -0.4 is 4.74 Å². The van der Waals surface area contributed by atoms with Gasteiger partial charge in [-0.2, -0.15) is 0 Å². The van der Waals surface area contributed by atoms with Crippen LogP contribution in [-0.4, -0.2) is 39.1 Å². The summed E-state index contributed by atoms with van der Waals surface area (Å²) in [6, 6.07) is 2.57. The number of phenols is 2. The lowest BCUT2D eigenvalue weighted by atomic mass is 9.84. The molecule has 2 aliphatic heterocycles. The van der Waals surface area contributed by atoms with Gasteiger partial charge < -0.3 is 24.8 Å². The van der Waals surface area contributed by atoms with Gasteiger partial charge in [-0.3, -0.25) is 4.79 Å². The summed E-state index contributed by atoms with van der Waals surface area (Å²) in [5.41, 5.74) is -0.872. The minimum atomic E-state index is -1.33. The number of hydrogen-bond donors (Lipinski definition) is 3. The first-order valence-corrected chi connectivity index (χ1v) is 6.00. The summed E-state index contributed by atoms with van der Waals surface area (Å²) in [6.07, 6.45) is -1.25. The second-order valence-corrected chi connectivity index (χ2v) is 5.25. The van der Waals surface area contributed by atoms with E-state index in [-0.39, 0.29) is 24.3 Å². The van der Waals surface area contributed by atoms with Gasteiger partial charge in [-0.25, -0.2) is 0 Å². The summed E-state index contributed by atoms with van der Waals surface area (Å²) in [7, 11) is 0. The maximum absolute atomic E-state index is 11.4. The number of hydrogen-bond acceptors (Lipinski definition) is 6. The van der Waals surface area contributed by atoms with Crippen molar-refractivity contribution in [3.8, 4) is 17.2 Å². The molecular formula is C13H14O6. The Bertz CT molecular complexity index is 550. The molecule has 102 valence electrons. The molecule has 0 bridgehead atoms. The summed E-state index contributed by atoms with van der Waals surface area (Å²) in [6.45, 7) is 1.51. The lowest BCUT2D eigenvalue weighted by Gasteiger charge is -2.44. The average molecular weight is 266 g/mol. The van der Waals surface area contributed by atoms with Crippen molar-refractivity contribution >= 4 is 5.97 Å². The van der Waals surface area contributed by atoms with Gasteiger partial charge >= 0.3 is 5.97 Å². The van der Waals surface area contributed by atoms with Crippen molar-refractivity contribution in [1.82, 2.24) is 0 Å². The summed E-state index contributed by atoms with van der Waals surface area (Å²) in [5.74, 6) is -0.426. The largest absolute Gasteiger partial charge is 0.508 e. The fourth-order valence-corrected chi connectivity index (χ4v) is 2.68. The monoisotopic (exact) mass is 266 g/mol. The molecule has 2 aliphatic rings. The molecule has 0 aliphatic carbocycles. The van der Waals surface area contributed by atoms with E-state index in [2.05, 4.69) is 0 Å². The second kappa shape index (κ2) is 3.77. The topological polar surface area (TPSA) is 96.2 Å². The van der Waals surface area contributed by atoms with Gasteiger partial charge in [0.25, 0.3) is 0 Å². The molecule has 0 unspecified atom stereocenters. The third-order valence-corrected chi connectivity index (χ3v) is 3.57. The minimum Gasteiger partial charge on any atom is -0.508 e. The molecular weight excluding hydrogens is 252 g/mol.